The molecule has 0 saturated carbocycles. The van der Waals surface area contributed by atoms with E-state index in [-0.39, 0.29) is 42.3 Å². The van der Waals surface area contributed by atoms with E-state index in [1.807, 2.05) is 0 Å². The van der Waals surface area contributed by atoms with Crippen LogP contribution in [-0.2, 0) is 21.9 Å². The number of sulfonamides is 1. The Bertz CT molecular complexity index is 606. The first-order chi connectivity index (χ1) is 10.4. The predicted octanol–water partition coefficient (Wildman–Crippen LogP) is -0.313. The smallest absolute Gasteiger partial charge is 0.259 e. The Kier molecular flexibility index (Phi) is 7.46. The zero-order chi connectivity index (χ0) is 16.2. The average molecular weight is 366 g/mol. The monoisotopic (exact) mass is 365 g/mol. The van der Waals surface area contributed by atoms with Gasteiger partial charge >= 0.3 is 0 Å². The molecule has 10 heteroatoms. The molecule has 1 aliphatic heterocycles. The summed E-state index contributed by atoms with van der Waals surface area (Å²) in [6.07, 6.45) is 3.56. The average Bonchev–Trinajstić information content (AvgIpc) is 2.80. The van der Waals surface area contributed by atoms with E-state index < -0.39 is 10.0 Å². The van der Waals surface area contributed by atoms with Gasteiger partial charge in [-0.05, 0) is 26.3 Å². The fourth-order valence-corrected chi connectivity index (χ4v) is 3.37. The van der Waals surface area contributed by atoms with Crippen molar-refractivity contribution < 1.29 is 13.2 Å². The second-order valence-corrected chi connectivity index (χ2v) is 7.21. The molecule has 1 aromatic rings. The highest BCUT2D eigenvalue weighted by Gasteiger charge is 2.19. The number of halogens is 1. The molecule has 0 aliphatic carbocycles. The van der Waals surface area contributed by atoms with E-state index >= 15 is 0 Å². The van der Waals surface area contributed by atoms with Gasteiger partial charge in [0, 0.05) is 38.8 Å². The lowest BCUT2D eigenvalue weighted by molar-refractivity contribution is -0.121. The minimum atomic E-state index is -3.66. The molecule has 1 saturated heterocycles. The number of carbonyl (C=O) groups excluding carboxylic acids is 1. The van der Waals surface area contributed by atoms with E-state index in [1.165, 1.54) is 6.20 Å². The molecular weight excluding hydrogens is 342 g/mol. The first-order valence-corrected chi connectivity index (χ1v) is 8.86. The van der Waals surface area contributed by atoms with Gasteiger partial charge in [-0.3, -0.25) is 4.79 Å². The summed E-state index contributed by atoms with van der Waals surface area (Å²) in [6.45, 7) is 3.54. The lowest BCUT2D eigenvalue weighted by atomic mass is 10.1. The van der Waals surface area contributed by atoms with E-state index in [0.29, 0.717) is 5.82 Å². The fourth-order valence-electron chi connectivity index (χ4n) is 2.30. The summed E-state index contributed by atoms with van der Waals surface area (Å²) >= 11 is 0. The van der Waals surface area contributed by atoms with Gasteiger partial charge in [0.05, 0.1) is 0 Å². The SMILES string of the molecule is Cc1nc(S(=O)(=O)NCCC(=O)NC2CCCNC2)cn1C.Cl. The number of nitrogens with one attached hydrogen (secondary N) is 3. The Morgan fingerprint density at radius 3 is 2.83 bits per heavy atom. The third-order valence-corrected chi connectivity index (χ3v) is 5.00. The van der Waals surface area contributed by atoms with Crippen LogP contribution in [0, 0.1) is 6.92 Å². The van der Waals surface area contributed by atoms with Gasteiger partial charge in [-0.2, -0.15) is 0 Å². The third-order valence-electron chi connectivity index (χ3n) is 3.67. The Morgan fingerprint density at radius 1 is 1.52 bits per heavy atom. The highest BCUT2D eigenvalue weighted by Crippen LogP contribution is 2.07. The summed E-state index contributed by atoms with van der Waals surface area (Å²) in [7, 11) is -1.94. The first kappa shape index (κ1) is 19.9. The maximum atomic E-state index is 12.0. The van der Waals surface area contributed by atoms with Crippen molar-refractivity contribution in [2.24, 2.45) is 7.05 Å². The second-order valence-electron chi connectivity index (χ2n) is 5.50. The van der Waals surface area contributed by atoms with Crippen LogP contribution in [0.1, 0.15) is 25.1 Å². The Balaban J connectivity index is 0.00000264. The molecular formula is C13H24ClN5O3S. The van der Waals surface area contributed by atoms with Crippen LogP contribution in [0.3, 0.4) is 0 Å². The molecule has 0 aromatic carbocycles. The quantitative estimate of drug-likeness (QED) is 0.641. The maximum absolute atomic E-state index is 12.0. The number of hydrogen-bond donors (Lipinski definition) is 3. The molecule has 3 N–H and O–H groups in total. The third kappa shape index (κ3) is 5.76. The summed E-state index contributed by atoms with van der Waals surface area (Å²) in [6, 6.07) is 0.135. The number of piperidine rings is 1. The Labute approximate surface area is 142 Å². The molecule has 1 aromatic heterocycles. The summed E-state index contributed by atoms with van der Waals surface area (Å²) < 4.78 is 28.1. The Hall–Kier alpha value is -1.16. The summed E-state index contributed by atoms with van der Waals surface area (Å²) in [5, 5.41) is 6.09. The molecule has 2 rings (SSSR count). The van der Waals surface area contributed by atoms with Crippen molar-refractivity contribution in [2.75, 3.05) is 19.6 Å². The molecule has 0 spiro atoms. The van der Waals surface area contributed by atoms with Crippen LogP contribution in [0.15, 0.2) is 11.2 Å². The van der Waals surface area contributed by atoms with Gasteiger partial charge in [0.1, 0.15) is 5.82 Å². The van der Waals surface area contributed by atoms with Crippen molar-refractivity contribution in [2.45, 2.75) is 37.3 Å². The number of aromatic nitrogens is 2. The van der Waals surface area contributed by atoms with Gasteiger partial charge in [-0.1, -0.05) is 0 Å². The number of imidazole rings is 1. The van der Waals surface area contributed by atoms with Gasteiger partial charge in [0.15, 0.2) is 5.03 Å². The largest absolute Gasteiger partial charge is 0.352 e. The standard InChI is InChI=1S/C13H23N5O3S.ClH/c1-10-16-13(9-18(10)2)22(20,21)15-7-5-12(19)17-11-4-3-6-14-8-11;/h9,11,14-15H,3-8H2,1-2H3,(H,17,19);1H. The van der Waals surface area contributed by atoms with Gasteiger partial charge < -0.3 is 15.2 Å². The lowest BCUT2D eigenvalue weighted by Crippen LogP contribution is -2.46. The van der Waals surface area contributed by atoms with Crippen LogP contribution in [0.4, 0.5) is 0 Å². The number of nitrogens with zero attached hydrogens (tertiary/aromatic N) is 2. The van der Waals surface area contributed by atoms with E-state index in [4.69, 9.17) is 0 Å². The molecule has 1 fully saturated rings. The van der Waals surface area contributed by atoms with Crippen LogP contribution in [0.2, 0.25) is 0 Å². The van der Waals surface area contributed by atoms with Crippen LogP contribution >= 0.6 is 12.4 Å². The summed E-state index contributed by atoms with van der Waals surface area (Å²) in [5.41, 5.74) is 0. The molecule has 2 heterocycles. The van der Waals surface area contributed by atoms with E-state index in [2.05, 4.69) is 20.3 Å². The maximum Gasteiger partial charge on any atom is 0.259 e. The molecule has 1 atom stereocenters. The zero-order valence-corrected chi connectivity index (χ0v) is 15.0. The number of hydrogen-bond acceptors (Lipinski definition) is 5. The number of rotatable bonds is 6. The molecule has 8 nitrogen and oxygen atoms in total. The molecule has 132 valence electrons. The van der Waals surface area contributed by atoms with Gasteiger partial charge in [0.25, 0.3) is 10.0 Å². The van der Waals surface area contributed by atoms with E-state index in [9.17, 15) is 13.2 Å². The minimum absolute atomic E-state index is 0. The minimum Gasteiger partial charge on any atom is -0.352 e. The van der Waals surface area contributed by atoms with Gasteiger partial charge in [-0.25, -0.2) is 18.1 Å². The van der Waals surface area contributed by atoms with Crippen LogP contribution in [0.5, 0.6) is 0 Å². The second kappa shape index (κ2) is 8.62. The normalized spacial score (nSPS) is 18.3. The fraction of sp³-hybridized carbons (Fsp3) is 0.692. The molecule has 1 amide bonds. The Morgan fingerprint density at radius 2 is 2.26 bits per heavy atom. The summed E-state index contributed by atoms with van der Waals surface area (Å²) in [5.74, 6) is 0.469. The van der Waals surface area contributed by atoms with E-state index in [1.54, 1.807) is 18.5 Å². The molecule has 23 heavy (non-hydrogen) atoms. The van der Waals surface area contributed by atoms with Crippen molar-refractivity contribution >= 4 is 28.3 Å². The van der Waals surface area contributed by atoms with Gasteiger partial charge in [0.2, 0.25) is 5.91 Å². The van der Waals surface area contributed by atoms with E-state index in [0.717, 1.165) is 25.9 Å². The van der Waals surface area contributed by atoms with Crippen LogP contribution < -0.4 is 15.4 Å². The number of aryl methyl sites for hydroxylation is 2. The van der Waals surface area contributed by atoms with Crippen LogP contribution in [0.25, 0.3) is 0 Å². The number of amides is 1. The summed E-state index contributed by atoms with van der Waals surface area (Å²) in [4.78, 5) is 15.8. The van der Waals surface area contributed by atoms with Crippen molar-refractivity contribution in [1.82, 2.24) is 24.9 Å². The highest BCUT2D eigenvalue weighted by atomic mass is 35.5. The highest BCUT2D eigenvalue weighted by molar-refractivity contribution is 7.89. The van der Waals surface area contributed by atoms with Crippen molar-refractivity contribution in [1.29, 1.82) is 0 Å². The zero-order valence-electron chi connectivity index (χ0n) is 13.3. The predicted molar refractivity (Wildman–Crippen MR) is 89.0 cm³/mol. The van der Waals surface area contributed by atoms with Gasteiger partial charge in [-0.15, -0.1) is 12.4 Å². The van der Waals surface area contributed by atoms with Crippen LogP contribution in [-0.4, -0.2) is 49.6 Å². The molecule has 1 unspecified atom stereocenters. The molecule has 1 aliphatic rings. The van der Waals surface area contributed by atoms with Crippen molar-refractivity contribution in [3.8, 4) is 0 Å². The van der Waals surface area contributed by atoms with Crippen molar-refractivity contribution in [3.63, 3.8) is 0 Å². The topological polar surface area (TPSA) is 105 Å². The lowest BCUT2D eigenvalue weighted by Gasteiger charge is -2.23. The number of carbonyl (C=O) groups is 1. The molecule has 0 bridgehead atoms. The van der Waals surface area contributed by atoms with Crippen molar-refractivity contribution in [3.05, 3.63) is 12.0 Å². The first-order valence-electron chi connectivity index (χ1n) is 7.38. The molecule has 0 radical (unpaired) electrons.